The van der Waals surface area contributed by atoms with E-state index in [9.17, 15) is 14.4 Å². The molecule has 2 aromatic heterocycles. The summed E-state index contributed by atoms with van der Waals surface area (Å²) in [6.07, 6.45) is 7.14. The second-order valence-electron chi connectivity index (χ2n) is 13.4. The van der Waals surface area contributed by atoms with Crippen molar-refractivity contribution in [2.24, 2.45) is 0 Å². The Labute approximate surface area is 286 Å². The molecule has 1 atom stereocenters. The molecule has 12 nitrogen and oxygen atoms in total. The number of anilines is 3. The lowest BCUT2D eigenvalue weighted by Gasteiger charge is -2.36. The molecular weight excluding hydrogens is 620 g/mol. The van der Waals surface area contributed by atoms with Crippen LogP contribution in [0.2, 0.25) is 0 Å². The van der Waals surface area contributed by atoms with Gasteiger partial charge in [-0.25, -0.2) is 4.98 Å². The van der Waals surface area contributed by atoms with Crippen molar-refractivity contribution in [1.82, 2.24) is 29.7 Å². The highest BCUT2D eigenvalue weighted by Gasteiger charge is 2.29. The highest BCUT2D eigenvalue weighted by molar-refractivity contribution is 6.01. The highest BCUT2D eigenvalue weighted by Crippen LogP contribution is 2.35. The van der Waals surface area contributed by atoms with E-state index in [1.807, 2.05) is 42.5 Å². The molecule has 0 spiro atoms. The van der Waals surface area contributed by atoms with Gasteiger partial charge >= 0.3 is 0 Å². The number of imide groups is 1. The van der Waals surface area contributed by atoms with E-state index in [0.29, 0.717) is 31.1 Å². The molecule has 2 saturated heterocycles. The van der Waals surface area contributed by atoms with Gasteiger partial charge in [-0.3, -0.25) is 24.6 Å². The van der Waals surface area contributed by atoms with Crippen molar-refractivity contribution < 1.29 is 19.1 Å². The zero-order chi connectivity index (χ0) is 33.9. The Hall–Kier alpha value is -4.97. The number of benzene rings is 2. The minimum atomic E-state index is -0.271. The molecule has 49 heavy (non-hydrogen) atoms. The van der Waals surface area contributed by atoms with Crippen LogP contribution in [0.5, 0.6) is 5.75 Å². The Morgan fingerprint density at radius 1 is 1.00 bits per heavy atom. The lowest BCUT2D eigenvalue weighted by atomic mass is 9.90. The lowest BCUT2D eigenvalue weighted by Crippen LogP contribution is -2.47. The van der Waals surface area contributed by atoms with Crippen molar-refractivity contribution in [2.75, 3.05) is 63.6 Å². The number of carbonyl (C=O) groups excluding carboxylic acids is 3. The van der Waals surface area contributed by atoms with Crippen LogP contribution in [0, 0.1) is 0 Å². The lowest BCUT2D eigenvalue weighted by molar-refractivity contribution is -0.134. The fourth-order valence-corrected chi connectivity index (χ4v) is 7.23. The maximum atomic E-state index is 13.0. The predicted octanol–water partition coefficient (Wildman–Crippen LogP) is 4.71. The van der Waals surface area contributed by atoms with Crippen LogP contribution in [-0.2, 0) is 9.59 Å². The van der Waals surface area contributed by atoms with Crippen molar-refractivity contribution in [3.8, 4) is 5.75 Å². The fraction of sp³-hybridized carbons (Fsp3) is 0.432. The van der Waals surface area contributed by atoms with Gasteiger partial charge in [-0.15, -0.1) is 0 Å². The molecule has 3 amide bonds. The summed E-state index contributed by atoms with van der Waals surface area (Å²) in [6.45, 7) is 5.06. The molecule has 3 aliphatic rings. The van der Waals surface area contributed by atoms with E-state index in [1.54, 1.807) is 25.2 Å². The van der Waals surface area contributed by atoms with Gasteiger partial charge < -0.3 is 24.4 Å². The molecule has 1 aliphatic carbocycles. The minimum Gasteiger partial charge on any atom is -0.492 e. The van der Waals surface area contributed by atoms with E-state index in [4.69, 9.17) is 9.72 Å². The molecule has 2 aliphatic heterocycles. The van der Waals surface area contributed by atoms with Crippen LogP contribution in [0.15, 0.2) is 60.8 Å². The minimum absolute atomic E-state index is 0.0217. The second-order valence-corrected chi connectivity index (χ2v) is 13.4. The number of ether oxygens (including phenoxy) is 1. The molecule has 256 valence electrons. The van der Waals surface area contributed by atoms with E-state index >= 15 is 0 Å². The first-order chi connectivity index (χ1) is 23.8. The van der Waals surface area contributed by atoms with Crippen molar-refractivity contribution in [2.45, 2.75) is 50.5 Å². The Bertz CT molecular complexity index is 1820. The van der Waals surface area contributed by atoms with Gasteiger partial charge in [0.05, 0.1) is 5.92 Å². The van der Waals surface area contributed by atoms with Gasteiger partial charge in [0, 0.05) is 82.2 Å². The van der Waals surface area contributed by atoms with Gasteiger partial charge in [0.2, 0.25) is 17.8 Å². The summed E-state index contributed by atoms with van der Waals surface area (Å²) < 4.78 is 8.21. The molecular formula is C37H44N8O4. The van der Waals surface area contributed by atoms with E-state index in [0.717, 1.165) is 92.1 Å². The van der Waals surface area contributed by atoms with Gasteiger partial charge in [0.25, 0.3) is 5.91 Å². The number of nitrogens with zero attached hydrogens (tertiary/aromatic N) is 6. The summed E-state index contributed by atoms with van der Waals surface area (Å²) >= 11 is 0. The largest absolute Gasteiger partial charge is 0.492 e. The summed E-state index contributed by atoms with van der Waals surface area (Å²) in [7, 11) is 3.56. The summed E-state index contributed by atoms with van der Waals surface area (Å²) in [5.74, 6) is 0.609. The van der Waals surface area contributed by atoms with Crippen molar-refractivity contribution in [3.05, 3.63) is 72.1 Å². The van der Waals surface area contributed by atoms with Crippen molar-refractivity contribution in [3.63, 3.8) is 0 Å². The SMILES string of the molecule is CN(C)C(=O)c1cc2cnc(Nc3ccc(OCCN4CCN(c5cccc(C6CCC(=O)NC6=O)c5)CC4)cc3)nc2n1C1CCCC1. The smallest absolute Gasteiger partial charge is 0.270 e. The molecule has 3 fully saturated rings. The number of hydrogen-bond donors (Lipinski definition) is 2. The Balaban J connectivity index is 0.906. The fourth-order valence-electron chi connectivity index (χ4n) is 7.23. The molecule has 4 heterocycles. The first-order valence-electron chi connectivity index (χ1n) is 17.3. The van der Waals surface area contributed by atoms with E-state index in [-0.39, 0.29) is 29.7 Å². The molecule has 1 unspecified atom stereocenters. The first-order valence-corrected chi connectivity index (χ1v) is 17.3. The third-order valence-corrected chi connectivity index (χ3v) is 9.93. The zero-order valence-electron chi connectivity index (χ0n) is 28.2. The maximum absolute atomic E-state index is 13.0. The van der Waals surface area contributed by atoms with E-state index in [2.05, 4.69) is 42.1 Å². The number of carbonyl (C=O) groups is 3. The summed E-state index contributed by atoms with van der Waals surface area (Å²) in [5, 5.41) is 6.66. The third-order valence-electron chi connectivity index (χ3n) is 9.93. The van der Waals surface area contributed by atoms with Crippen molar-refractivity contribution >= 4 is 46.1 Å². The summed E-state index contributed by atoms with van der Waals surface area (Å²) in [5.41, 5.74) is 4.39. The molecule has 7 rings (SSSR count). The van der Waals surface area contributed by atoms with Crippen LogP contribution in [0.1, 0.15) is 66.5 Å². The molecule has 0 bridgehead atoms. The monoisotopic (exact) mass is 664 g/mol. The van der Waals surface area contributed by atoms with Gasteiger partial charge in [0.15, 0.2) is 0 Å². The average Bonchev–Trinajstić information content (AvgIpc) is 3.77. The van der Waals surface area contributed by atoms with Crippen molar-refractivity contribution in [1.29, 1.82) is 0 Å². The number of piperazine rings is 1. The van der Waals surface area contributed by atoms with Gasteiger partial charge in [0.1, 0.15) is 23.7 Å². The van der Waals surface area contributed by atoms with Crippen LogP contribution < -0.4 is 20.3 Å². The number of piperidine rings is 1. The van der Waals surface area contributed by atoms with Gasteiger partial charge in [-0.1, -0.05) is 25.0 Å². The first kappa shape index (κ1) is 32.6. The zero-order valence-corrected chi connectivity index (χ0v) is 28.2. The molecule has 4 aromatic rings. The number of nitrogens with one attached hydrogen (secondary N) is 2. The topological polar surface area (TPSA) is 125 Å². The van der Waals surface area contributed by atoms with E-state index < -0.39 is 0 Å². The third kappa shape index (κ3) is 7.24. The average molecular weight is 665 g/mol. The molecule has 1 saturated carbocycles. The van der Waals surface area contributed by atoms with Crippen LogP contribution in [0.3, 0.4) is 0 Å². The number of hydrogen-bond acceptors (Lipinski definition) is 9. The Kier molecular flexibility index (Phi) is 9.47. The molecule has 0 radical (unpaired) electrons. The summed E-state index contributed by atoms with van der Waals surface area (Å²) in [6, 6.07) is 18.2. The van der Waals surface area contributed by atoms with Crippen LogP contribution >= 0.6 is 0 Å². The Morgan fingerprint density at radius 2 is 1.78 bits per heavy atom. The number of rotatable bonds is 10. The van der Waals surface area contributed by atoms with Crippen LogP contribution in [0.25, 0.3) is 11.0 Å². The molecule has 2 N–H and O–H groups in total. The van der Waals surface area contributed by atoms with Gasteiger partial charge in [-0.2, -0.15) is 4.98 Å². The van der Waals surface area contributed by atoms with Crippen LogP contribution in [0.4, 0.5) is 17.3 Å². The maximum Gasteiger partial charge on any atom is 0.270 e. The highest BCUT2D eigenvalue weighted by atomic mass is 16.5. The number of amides is 3. The predicted molar refractivity (Wildman–Crippen MR) is 188 cm³/mol. The normalized spacial score (nSPS) is 18.9. The second kappa shape index (κ2) is 14.3. The van der Waals surface area contributed by atoms with E-state index in [1.165, 1.54) is 0 Å². The molecule has 2 aromatic carbocycles. The summed E-state index contributed by atoms with van der Waals surface area (Å²) in [4.78, 5) is 52.7. The van der Waals surface area contributed by atoms with Crippen LogP contribution in [-0.4, -0.2) is 95.5 Å². The number of fused-ring (bicyclic) bond motifs is 1. The molecule has 12 heteroatoms. The number of aromatic nitrogens is 3. The quantitative estimate of drug-likeness (QED) is 0.232. The standard InChI is InChI=1S/C37H44N8O4/c1-42(2)36(48)32-23-26-24-38-37(41-34(26)45(32)28-7-3-4-8-28)39-27-10-12-30(13-11-27)49-21-20-43-16-18-44(19-17-43)29-9-5-6-25(22-29)31-14-15-33(46)40-35(31)47/h5-6,9-13,22-24,28,31H,3-4,7-8,14-21H2,1-2H3,(H,38,39,41)(H,40,46,47). The Morgan fingerprint density at radius 3 is 2.51 bits per heavy atom. The van der Waals surface area contributed by atoms with Gasteiger partial charge in [-0.05, 0) is 67.3 Å².